The summed E-state index contributed by atoms with van der Waals surface area (Å²) in [6.45, 7) is 8.97. The van der Waals surface area contributed by atoms with Crippen LogP contribution in [0.4, 0.5) is 13.2 Å². The van der Waals surface area contributed by atoms with Crippen LogP contribution in [-0.4, -0.2) is 17.9 Å². The quantitative estimate of drug-likeness (QED) is 0.884. The highest BCUT2D eigenvalue weighted by molar-refractivity contribution is 5.44. The van der Waals surface area contributed by atoms with Crippen molar-refractivity contribution in [1.82, 2.24) is 0 Å². The fourth-order valence-corrected chi connectivity index (χ4v) is 2.14. The first-order valence-electron chi connectivity index (χ1n) is 7.04. The molecular formula is C16H23F3O2. The maximum atomic E-state index is 13.3. The number of hydrogen-bond acceptors (Lipinski definition) is 2. The van der Waals surface area contributed by atoms with Gasteiger partial charge in [-0.3, -0.25) is 0 Å². The molecule has 21 heavy (non-hydrogen) atoms. The third-order valence-electron chi connectivity index (χ3n) is 3.57. The van der Waals surface area contributed by atoms with Gasteiger partial charge in [-0.1, -0.05) is 33.8 Å². The molecule has 0 aliphatic heterocycles. The molecule has 1 unspecified atom stereocenters. The molecular weight excluding hydrogens is 281 g/mol. The lowest BCUT2D eigenvalue weighted by Gasteiger charge is -2.32. The molecule has 1 rings (SSSR count). The molecule has 0 saturated carbocycles. The van der Waals surface area contributed by atoms with Crippen molar-refractivity contribution >= 4 is 0 Å². The first-order chi connectivity index (χ1) is 9.47. The van der Waals surface area contributed by atoms with Crippen LogP contribution in [0.1, 0.15) is 52.2 Å². The van der Waals surface area contributed by atoms with E-state index in [1.165, 1.54) is 19.1 Å². The maximum Gasteiger partial charge on any atom is 0.421 e. The molecule has 0 radical (unpaired) electrons. The summed E-state index contributed by atoms with van der Waals surface area (Å²) in [5.41, 5.74) is -2.72. The molecule has 0 fully saturated rings. The Bertz CT molecular complexity index is 489. The molecule has 1 aromatic rings. The summed E-state index contributed by atoms with van der Waals surface area (Å²) in [4.78, 5) is 0. The Morgan fingerprint density at radius 1 is 1.10 bits per heavy atom. The zero-order chi connectivity index (χ0) is 16.5. The number of alkyl halides is 3. The fraction of sp³-hybridized carbons (Fsp3) is 0.625. The van der Waals surface area contributed by atoms with Crippen LogP contribution in [0.15, 0.2) is 18.2 Å². The summed E-state index contributed by atoms with van der Waals surface area (Å²) in [5, 5.41) is 10.2. The second-order valence-corrected chi connectivity index (χ2v) is 6.11. The molecule has 5 heteroatoms. The van der Waals surface area contributed by atoms with Crippen LogP contribution in [0.3, 0.4) is 0 Å². The van der Waals surface area contributed by atoms with E-state index in [9.17, 15) is 18.3 Å². The number of rotatable bonds is 4. The minimum absolute atomic E-state index is 0.0761. The van der Waals surface area contributed by atoms with Crippen molar-refractivity contribution in [3.05, 3.63) is 29.3 Å². The smallest absolute Gasteiger partial charge is 0.421 e. The van der Waals surface area contributed by atoms with Gasteiger partial charge in [-0.05, 0) is 36.5 Å². The van der Waals surface area contributed by atoms with E-state index in [1.807, 2.05) is 20.8 Å². The average molecular weight is 304 g/mol. The molecule has 0 aliphatic rings. The molecule has 0 saturated heterocycles. The van der Waals surface area contributed by atoms with Crippen molar-refractivity contribution in [2.24, 2.45) is 0 Å². The summed E-state index contributed by atoms with van der Waals surface area (Å²) in [7, 11) is 0. The van der Waals surface area contributed by atoms with Gasteiger partial charge in [-0.25, -0.2) is 0 Å². The predicted molar refractivity (Wildman–Crippen MR) is 76.6 cm³/mol. The van der Waals surface area contributed by atoms with E-state index in [0.717, 1.165) is 5.56 Å². The third-order valence-corrected chi connectivity index (χ3v) is 3.57. The van der Waals surface area contributed by atoms with Crippen molar-refractivity contribution in [2.45, 2.75) is 58.2 Å². The highest BCUT2D eigenvalue weighted by Gasteiger charge is 2.55. The van der Waals surface area contributed by atoms with Crippen LogP contribution in [0.2, 0.25) is 0 Å². The van der Waals surface area contributed by atoms with Crippen LogP contribution in [0, 0.1) is 0 Å². The fourth-order valence-electron chi connectivity index (χ4n) is 2.14. The maximum absolute atomic E-state index is 13.3. The van der Waals surface area contributed by atoms with E-state index in [2.05, 4.69) is 0 Å². The van der Waals surface area contributed by atoms with Gasteiger partial charge in [0.05, 0.1) is 6.61 Å². The van der Waals surface area contributed by atoms with Gasteiger partial charge < -0.3 is 9.84 Å². The van der Waals surface area contributed by atoms with Crippen LogP contribution < -0.4 is 4.74 Å². The minimum Gasteiger partial charge on any atom is -0.493 e. The number of ether oxygens (including phenoxy) is 1. The highest BCUT2D eigenvalue weighted by Crippen LogP contribution is 2.46. The molecule has 2 nitrogen and oxygen atoms in total. The normalized spacial score (nSPS) is 15.7. The lowest BCUT2D eigenvalue weighted by molar-refractivity contribution is -0.268. The SMILES string of the molecule is CCOc1ccc(C(C)(C)C)cc1C(O)(CC)C(F)(F)F. The average Bonchev–Trinajstić information content (AvgIpc) is 2.36. The zero-order valence-electron chi connectivity index (χ0n) is 13.1. The zero-order valence-corrected chi connectivity index (χ0v) is 13.1. The number of hydrogen-bond donors (Lipinski definition) is 1. The third kappa shape index (κ3) is 3.51. The second-order valence-electron chi connectivity index (χ2n) is 6.11. The summed E-state index contributed by atoms with van der Waals surface area (Å²) in [6.07, 6.45) is -5.23. The first-order valence-corrected chi connectivity index (χ1v) is 7.04. The van der Waals surface area contributed by atoms with Gasteiger partial charge in [-0.15, -0.1) is 0 Å². The molecule has 1 aromatic carbocycles. The Morgan fingerprint density at radius 3 is 2.05 bits per heavy atom. The second kappa shape index (κ2) is 5.87. The molecule has 0 bridgehead atoms. The number of halogens is 3. The molecule has 0 aromatic heterocycles. The summed E-state index contributed by atoms with van der Waals surface area (Å²) >= 11 is 0. The first kappa shape index (κ1) is 17.8. The molecule has 0 spiro atoms. The van der Waals surface area contributed by atoms with Crippen molar-refractivity contribution in [1.29, 1.82) is 0 Å². The van der Waals surface area contributed by atoms with Crippen LogP contribution >= 0.6 is 0 Å². The minimum atomic E-state index is -4.76. The summed E-state index contributed by atoms with van der Waals surface area (Å²) < 4.78 is 45.3. The van der Waals surface area contributed by atoms with E-state index < -0.39 is 18.2 Å². The van der Waals surface area contributed by atoms with Gasteiger partial charge in [0.25, 0.3) is 0 Å². The van der Waals surface area contributed by atoms with E-state index in [0.29, 0.717) is 0 Å². The Hall–Kier alpha value is -1.23. The van der Waals surface area contributed by atoms with E-state index in [1.54, 1.807) is 13.0 Å². The largest absolute Gasteiger partial charge is 0.493 e. The van der Waals surface area contributed by atoms with E-state index in [-0.39, 0.29) is 23.3 Å². The van der Waals surface area contributed by atoms with Crippen LogP contribution in [-0.2, 0) is 11.0 Å². The molecule has 1 atom stereocenters. The molecule has 0 aliphatic carbocycles. The van der Waals surface area contributed by atoms with E-state index >= 15 is 0 Å². The Labute approximate surface area is 123 Å². The molecule has 1 N–H and O–H groups in total. The van der Waals surface area contributed by atoms with Gasteiger partial charge in [0.2, 0.25) is 0 Å². The Kier molecular flexibility index (Phi) is 4.98. The van der Waals surface area contributed by atoms with Gasteiger partial charge in [0.1, 0.15) is 5.75 Å². The Balaban J connectivity index is 3.55. The predicted octanol–water partition coefficient (Wildman–Crippen LogP) is 4.54. The lowest BCUT2D eigenvalue weighted by atomic mass is 9.82. The van der Waals surface area contributed by atoms with Gasteiger partial charge in [0.15, 0.2) is 5.60 Å². The van der Waals surface area contributed by atoms with Crippen LogP contribution in [0.5, 0.6) is 5.75 Å². The summed E-state index contributed by atoms with van der Waals surface area (Å²) in [5.74, 6) is 0.0761. The van der Waals surface area contributed by atoms with E-state index in [4.69, 9.17) is 4.74 Å². The Morgan fingerprint density at radius 2 is 1.67 bits per heavy atom. The van der Waals surface area contributed by atoms with Gasteiger partial charge in [0, 0.05) is 5.56 Å². The standard InChI is InChI=1S/C16H23F3O2/c1-6-15(20,16(17,18)19)12-10-11(14(3,4)5)8-9-13(12)21-7-2/h8-10,20H,6-7H2,1-5H3. The lowest BCUT2D eigenvalue weighted by Crippen LogP contribution is -2.42. The monoisotopic (exact) mass is 304 g/mol. The number of benzene rings is 1. The molecule has 120 valence electrons. The molecule has 0 amide bonds. The van der Waals surface area contributed by atoms with Crippen molar-refractivity contribution in [2.75, 3.05) is 6.61 Å². The highest BCUT2D eigenvalue weighted by atomic mass is 19.4. The summed E-state index contributed by atoms with van der Waals surface area (Å²) in [6, 6.07) is 4.65. The van der Waals surface area contributed by atoms with Gasteiger partial charge >= 0.3 is 6.18 Å². The van der Waals surface area contributed by atoms with Gasteiger partial charge in [-0.2, -0.15) is 13.2 Å². The molecule has 0 heterocycles. The number of aliphatic hydroxyl groups is 1. The topological polar surface area (TPSA) is 29.5 Å². The van der Waals surface area contributed by atoms with Crippen molar-refractivity contribution < 1.29 is 23.0 Å². The van der Waals surface area contributed by atoms with Crippen molar-refractivity contribution in [3.63, 3.8) is 0 Å². The van der Waals surface area contributed by atoms with Crippen molar-refractivity contribution in [3.8, 4) is 5.75 Å². The van der Waals surface area contributed by atoms with Crippen LogP contribution in [0.25, 0.3) is 0 Å².